The number of rotatable bonds is 2. The van der Waals surface area contributed by atoms with Crippen molar-refractivity contribution >= 4 is 23.3 Å². The Labute approximate surface area is 122 Å². The zero-order valence-corrected chi connectivity index (χ0v) is 11.7. The predicted molar refractivity (Wildman–Crippen MR) is 74.5 cm³/mol. The van der Waals surface area contributed by atoms with Crippen LogP contribution in [0.4, 0.5) is 5.69 Å². The summed E-state index contributed by atoms with van der Waals surface area (Å²) in [5.41, 5.74) is 0.882. The average Bonchev–Trinajstić information content (AvgIpc) is 2.86. The van der Waals surface area contributed by atoms with Crippen molar-refractivity contribution in [1.29, 1.82) is 0 Å². The van der Waals surface area contributed by atoms with Gasteiger partial charge in [-0.25, -0.2) is 4.79 Å². The number of nitrogens with zero attached hydrogens (tertiary/aromatic N) is 1. The largest absolute Gasteiger partial charge is 0.478 e. The molecule has 2 fully saturated rings. The van der Waals surface area contributed by atoms with E-state index in [2.05, 4.69) is 0 Å². The van der Waals surface area contributed by atoms with Crippen LogP contribution in [0.5, 0.6) is 0 Å². The van der Waals surface area contributed by atoms with Gasteiger partial charge in [-0.1, -0.05) is 11.6 Å². The van der Waals surface area contributed by atoms with Crippen LogP contribution in [0.25, 0.3) is 0 Å². The SMILES string of the molecule is O=C(O)c1ccc(Cl)cc1N1CCCC2(C1)OCCO2. The van der Waals surface area contributed by atoms with E-state index < -0.39 is 11.8 Å². The molecule has 0 saturated carbocycles. The first-order valence-electron chi connectivity index (χ1n) is 6.65. The molecule has 2 aliphatic rings. The van der Waals surface area contributed by atoms with E-state index in [9.17, 15) is 9.90 Å². The Morgan fingerprint density at radius 1 is 1.35 bits per heavy atom. The Morgan fingerprint density at radius 2 is 2.10 bits per heavy atom. The quantitative estimate of drug-likeness (QED) is 0.908. The fourth-order valence-corrected chi connectivity index (χ4v) is 3.04. The zero-order valence-electron chi connectivity index (χ0n) is 11.0. The average molecular weight is 298 g/mol. The minimum Gasteiger partial charge on any atom is -0.478 e. The second-order valence-corrected chi connectivity index (χ2v) is 5.54. The van der Waals surface area contributed by atoms with Crippen LogP contribution < -0.4 is 4.90 Å². The monoisotopic (exact) mass is 297 g/mol. The topological polar surface area (TPSA) is 59.0 Å². The summed E-state index contributed by atoms with van der Waals surface area (Å²) in [6, 6.07) is 4.83. The highest BCUT2D eigenvalue weighted by atomic mass is 35.5. The van der Waals surface area contributed by atoms with E-state index in [4.69, 9.17) is 21.1 Å². The van der Waals surface area contributed by atoms with Crippen LogP contribution >= 0.6 is 11.6 Å². The lowest BCUT2D eigenvalue weighted by Crippen LogP contribution is -2.49. The molecule has 0 radical (unpaired) electrons. The van der Waals surface area contributed by atoms with Crippen molar-refractivity contribution in [2.24, 2.45) is 0 Å². The molecule has 0 unspecified atom stereocenters. The van der Waals surface area contributed by atoms with Gasteiger partial charge >= 0.3 is 5.97 Å². The van der Waals surface area contributed by atoms with E-state index in [1.54, 1.807) is 12.1 Å². The van der Waals surface area contributed by atoms with E-state index in [-0.39, 0.29) is 5.56 Å². The first-order valence-corrected chi connectivity index (χ1v) is 7.03. The van der Waals surface area contributed by atoms with Gasteiger partial charge in [0.1, 0.15) is 0 Å². The molecule has 1 spiro atoms. The smallest absolute Gasteiger partial charge is 0.337 e. The first kappa shape index (κ1) is 13.7. The molecule has 1 aromatic rings. The Hall–Kier alpha value is -1.30. The fourth-order valence-electron chi connectivity index (χ4n) is 2.87. The number of piperidine rings is 1. The number of carboxylic acids is 1. The summed E-state index contributed by atoms with van der Waals surface area (Å²) >= 11 is 6.01. The van der Waals surface area contributed by atoms with Crippen molar-refractivity contribution in [1.82, 2.24) is 0 Å². The van der Waals surface area contributed by atoms with Gasteiger partial charge in [-0.05, 0) is 24.6 Å². The summed E-state index contributed by atoms with van der Waals surface area (Å²) < 4.78 is 11.4. The third-order valence-electron chi connectivity index (χ3n) is 3.76. The third-order valence-corrected chi connectivity index (χ3v) is 4.00. The van der Waals surface area contributed by atoms with E-state index in [1.807, 2.05) is 4.90 Å². The molecule has 2 saturated heterocycles. The van der Waals surface area contributed by atoms with Gasteiger partial charge in [0.15, 0.2) is 5.79 Å². The van der Waals surface area contributed by atoms with E-state index in [0.29, 0.717) is 30.5 Å². The van der Waals surface area contributed by atoms with Crippen LogP contribution in [0.2, 0.25) is 5.02 Å². The Balaban J connectivity index is 1.92. The number of benzene rings is 1. The zero-order chi connectivity index (χ0) is 14.2. The molecule has 108 valence electrons. The maximum absolute atomic E-state index is 11.4. The number of carboxylic acid groups (broad SMARTS) is 1. The molecule has 2 heterocycles. The van der Waals surface area contributed by atoms with Gasteiger partial charge in [0.05, 0.1) is 31.0 Å². The summed E-state index contributed by atoms with van der Waals surface area (Å²) in [7, 11) is 0. The molecule has 3 rings (SSSR count). The van der Waals surface area contributed by atoms with Crippen molar-refractivity contribution in [3.63, 3.8) is 0 Å². The molecular formula is C14H16ClNO4. The second-order valence-electron chi connectivity index (χ2n) is 5.10. The van der Waals surface area contributed by atoms with Gasteiger partial charge in [0, 0.05) is 18.0 Å². The van der Waals surface area contributed by atoms with Crippen LogP contribution in [0.3, 0.4) is 0 Å². The van der Waals surface area contributed by atoms with Crippen LogP contribution in [0.1, 0.15) is 23.2 Å². The van der Waals surface area contributed by atoms with Gasteiger partial charge in [0.25, 0.3) is 0 Å². The van der Waals surface area contributed by atoms with Crippen LogP contribution in [-0.4, -0.2) is 43.2 Å². The molecule has 6 heteroatoms. The summed E-state index contributed by atoms with van der Waals surface area (Å²) in [6.07, 6.45) is 1.73. The first-order chi connectivity index (χ1) is 9.60. The van der Waals surface area contributed by atoms with Crippen molar-refractivity contribution in [3.8, 4) is 0 Å². The minimum absolute atomic E-state index is 0.254. The number of carbonyl (C=O) groups is 1. The lowest BCUT2D eigenvalue weighted by molar-refractivity contribution is -0.161. The Bertz CT molecular complexity index is 528. The Morgan fingerprint density at radius 3 is 2.80 bits per heavy atom. The molecule has 1 N–H and O–H groups in total. The van der Waals surface area contributed by atoms with Gasteiger partial charge in [-0.2, -0.15) is 0 Å². The summed E-state index contributed by atoms with van der Waals surface area (Å²) in [4.78, 5) is 13.3. The van der Waals surface area contributed by atoms with Crippen LogP contribution in [0, 0.1) is 0 Å². The van der Waals surface area contributed by atoms with Crippen molar-refractivity contribution in [2.75, 3.05) is 31.2 Å². The number of halogens is 1. The number of anilines is 1. The minimum atomic E-state index is -0.954. The highest BCUT2D eigenvalue weighted by Gasteiger charge is 2.41. The highest BCUT2D eigenvalue weighted by Crippen LogP contribution is 2.34. The summed E-state index contributed by atoms with van der Waals surface area (Å²) in [5.74, 6) is -1.54. The molecule has 5 nitrogen and oxygen atoms in total. The van der Waals surface area contributed by atoms with Crippen molar-refractivity contribution < 1.29 is 19.4 Å². The van der Waals surface area contributed by atoms with Crippen LogP contribution in [-0.2, 0) is 9.47 Å². The lowest BCUT2D eigenvalue weighted by Gasteiger charge is -2.40. The molecular weight excluding hydrogens is 282 g/mol. The summed E-state index contributed by atoms with van der Waals surface area (Å²) in [5, 5.41) is 9.84. The lowest BCUT2D eigenvalue weighted by atomic mass is 10.0. The summed E-state index contributed by atoms with van der Waals surface area (Å²) in [6.45, 7) is 2.49. The van der Waals surface area contributed by atoms with Gasteiger partial charge in [0.2, 0.25) is 0 Å². The number of aromatic carboxylic acids is 1. The number of hydrogen-bond acceptors (Lipinski definition) is 4. The molecule has 0 aromatic heterocycles. The maximum atomic E-state index is 11.4. The standard InChI is InChI=1S/C14H16ClNO4/c15-10-2-3-11(13(17)18)12(8-10)16-5-1-4-14(9-16)19-6-7-20-14/h2-3,8H,1,4-7,9H2,(H,17,18). The van der Waals surface area contributed by atoms with Gasteiger partial charge < -0.3 is 19.5 Å². The maximum Gasteiger partial charge on any atom is 0.337 e. The van der Waals surface area contributed by atoms with Crippen molar-refractivity contribution in [2.45, 2.75) is 18.6 Å². The van der Waals surface area contributed by atoms with E-state index in [1.165, 1.54) is 6.07 Å². The highest BCUT2D eigenvalue weighted by molar-refractivity contribution is 6.31. The Kier molecular flexibility index (Phi) is 3.58. The molecule has 0 bridgehead atoms. The number of ether oxygens (including phenoxy) is 2. The molecule has 1 aromatic carbocycles. The van der Waals surface area contributed by atoms with E-state index in [0.717, 1.165) is 19.4 Å². The second kappa shape index (κ2) is 5.24. The predicted octanol–water partition coefficient (Wildman–Crippen LogP) is 2.38. The van der Waals surface area contributed by atoms with Crippen molar-refractivity contribution in [3.05, 3.63) is 28.8 Å². The normalized spacial score (nSPS) is 21.4. The van der Waals surface area contributed by atoms with Crippen LogP contribution in [0.15, 0.2) is 18.2 Å². The molecule has 20 heavy (non-hydrogen) atoms. The molecule has 0 atom stereocenters. The number of hydrogen-bond donors (Lipinski definition) is 1. The third kappa shape index (κ3) is 2.49. The van der Waals surface area contributed by atoms with Gasteiger partial charge in [-0.3, -0.25) is 0 Å². The molecule has 0 amide bonds. The molecule has 2 aliphatic heterocycles. The van der Waals surface area contributed by atoms with E-state index >= 15 is 0 Å². The fraction of sp³-hybridized carbons (Fsp3) is 0.500. The molecule has 0 aliphatic carbocycles. The van der Waals surface area contributed by atoms with Gasteiger partial charge in [-0.15, -0.1) is 0 Å².